The summed E-state index contributed by atoms with van der Waals surface area (Å²) >= 11 is 0. The second kappa shape index (κ2) is 5.33. The zero-order chi connectivity index (χ0) is 10.7. The van der Waals surface area contributed by atoms with Crippen molar-refractivity contribution in [2.24, 2.45) is 5.73 Å². The van der Waals surface area contributed by atoms with Crippen molar-refractivity contribution in [3.8, 4) is 0 Å². The summed E-state index contributed by atoms with van der Waals surface area (Å²) in [5.74, 6) is 0. The third kappa shape index (κ3) is 2.61. The molecule has 0 bridgehead atoms. The van der Waals surface area contributed by atoms with Gasteiger partial charge in [-0.15, -0.1) is 0 Å². The first-order chi connectivity index (χ1) is 6.57. The van der Waals surface area contributed by atoms with Gasteiger partial charge < -0.3 is 30.3 Å². The minimum Gasteiger partial charge on any atom is -0.415 e. The summed E-state index contributed by atoms with van der Waals surface area (Å²) in [5.41, 5.74) is 4.34. The second-order valence-corrected chi connectivity index (χ2v) is 11.4. The largest absolute Gasteiger partial charge is 0.415 e. The molecule has 6 N–H and O–H groups in total. The molecular weight excluding hydrogens is 222 g/mol. The van der Waals surface area contributed by atoms with Crippen LogP contribution in [0.15, 0.2) is 0 Å². The molecular formula is C6H17NO5Si2. The van der Waals surface area contributed by atoms with Crippen LogP contribution in [0, 0.1) is 0 Å². The molecule has 0 aromatic carbocycles. The van der Waals surface area contributed by atoms with Crippen LogP contribution < -0.4 is 5.73 Å². The van der Waals surface area contributed by atoms with E-state index in [9.17, 15) is 15.0 Å². The summed E-state index contributed by atoms with van der Waals surface area (Å²) in [6.45, 7) is 0.496. The maximum Gasteiger partial charge on any atom is 0.299 e. The van der Waals surface area contributed by atoms with Gasteiger partial charge in [-0.25, -0.2) is 0 Å². The Kier molecular flexibility index (Phi) is 4.66. The molecule has 8 heteroatoms. The van der Waals surface area contributed by atoms with Crippen molar-refractivity contribution in [2.45, 2.75) is 30.6 Å². The highest BCUT2D eigenvalue weighted by Gasteiger charge is 2.45. The number of hydrogen-bond donors (Lipinski definition) is 5. The Balaban J connectivity index is 2.55. The van der Waals surface area contributed by atoms with Crippen molar-refractivity contribution in [1.82, 2.24) is 0 Å². The number of hydrogen-bond acceptors (Lipinski definition) is 6. The third-order valence-corrected chi connectivity index (χ3v) is 11.0. The van der Waals surface area contributed by atoms with Crippen LogP contribution in [0.5, 0.6) is 0 Å². The molecule has 5 unspecified atom stereocenters. The lowest BCUT2D eigenvalue weighted by atomic mass is 10.4. The van der Waals surface area contributed by atoms with E-state index in [2.05, 4.69) is 0 Å². The molecule has 1 aliphatic rings. The quantitative estimate of drug-likeness (QED) is 0.326. The Labute approximate surface area is 85.2 Å². The number of aliphatic hydroxyl groups is 3. The highest BCUT2D eigenvalue weighted by atomic mass is 29.2. The molecule has 1 heterocycles. The van der Waals surface area contributed by atoms with E-state index in [0.717, 1.165) is 0 Å². The molecule has 5 atom stereocenters. The summed E-state index contributed by atoms with van der Waals surface area (Å²) < 4.78 is 4.84. The van der Waals surface area contributed by atoms with E-state index in [0.29, 0.717) is 19.0 Å². The van der Waals surface area contributed by atoms with E-state index in [-0.39, 0.29) is 0 Å². The highest BCUT2D eigenvalue weighted by Crippen LogP contribution is 2.18. The van der Waals surface area contributed by atoms with Gasteiger partial charge in [-0.1, -0.05) is 6.04 Å². The normalized spacial score (nSPS) is 43.9. The van der Waals surface area contributed by atoms with E-state index in [4.69, 9.17) is 15.3 Å². The number of aliphatic hydroxyl groups excluding tert-OH is 3. The van der Waals surface area contributed by atoms with Crippen LogP contribution in [0.3, 0.4) is 0 Å². The summed E-state index contributed by atoms with van der Waals surface area (Å²) in [6.07, 6.45) is -2.00. The van der Waals surface area contributed by atoms with Crippen molar-refractivity contribution >= 4 is 17.1 Å². The molecule has 1 saturated heterocycles. The first-order valence-electron chi connectivity index (χ1n) is 4.65. The van der Waals surface area contributed by atoms with Crippen LogP contribution >= 0.6 is 0 Å². The van der Waals surface area contributed by atoms with E-state index in [1.54, 1.807) is 0 Å². The second-order valence-electron chi connectivity index (χ2n) is 3.49. The van der Waals surface area contributed by atoms with Gasteiger partial charge in [0.2, 0.25) is 0 Å². The Hall–Kier alpha value is 0.194. The van der Waals surface area contributed by atoms with Gasteiger partial charge in [-0.2, -0.15) is 0 Å². The van der Waals surface area contributed by atoms with Gasteiger partial charge >= 0.3 is 0 Å². The van der Waals surface area contributed by atoms with Crippen LogP contribution in [0.25, 0.3) is 0 Å². The SMILES string of the molecule is NCCC[SiH]1C(O)C(O)C(O)O[SiH]1O. The lowest BCUT2D eigenvalue weighted by Gasteiger charge is -2.36. The Morgan fingerprint density at radius 2 is 1.93 bits per heavy atom. The molecule has 0 aromatic rings. The standard InChI is InChI=1S/C6H17NO5Si2/c7-2-1-3-13-6(10)4(8)5(9)12-14(13)11/h4-6,8-11,13-14H,1-3,7H2. The summed E-state index contributed by atoms with van der Waals surface area (Å²) in [4.78, 5) is 9.56. The molecule has 0 amide bonds. The molecule has 84 valence electrons. The van der Waals surface area contributed by atoms with Crippen LogP contribution in [-0.4, -0.2) is 61.9 Å². The molecule has 0 aromatic heterocycles. The summed E-state index contributed by atoms with van der Waals surface area (Å²) in [7, 11) is -4.36. The zero-order valence-electron chi connectivity index (χ0n) is 7.78. The first kappa shape index (κ1) is 12.3. The predicted octanol–water partition coefficient (Wildman–Crippen LogP) is -3.54. The minimum atomic E-state index is -2.47. The molecule has 0 aliphatic carbocycles. The molecule has 0 radical (unpaired) electrons. The van der Waals surface area contributed by atoms with Crippen LogP contribution in [0.4, 0.5) is 0 Å². The van der Waals surface area contributed by atoms with E-state index >= 15 is 0 Å². The smallest absolute Gasteiger partial charge is 0.299 e. The molecule has 0 spiro atoms. The average Bonchev–Trinajstić information content (AvgIpc) is 2.14. The van der Waals surface area contributed by atoms with Crippen molar-refractivity contribution in [3.05, 3.63) is 0 Å². The van der Waals surface area contributed by atoms with Gasteiger partial charge in [0.15, 0.2) is 6.29 Å². The van der Waals surface area contributed by atoms with Crippen molar-refractivity contribution < 1.29 is 24.5 Å². The van der Waals surface area contributed by atoms with E-state index < -0.39 is 35.2 Å². The van der Waals surface area contributed by atoms with Gasteiger partial charge in [-0.05, 0) is 13.0 Å². The van der Waals surface area contributed by atoms with Crippen molar-refractivity contribution in [1.29, 1.82) is 0 Å². The van der Waals surface area contributed by atoms with Gasteiger partial charge in [0.05, 0.1) is 5.73 Å². The van der Waals surface area contributed by atoms with Gasteiger partial charge in [0, 0.05) is 0 Å². The third-order valence-electron chi connectivity index (χ3n) is 2.47. The zero-order valence-corrected chi connectivity index (χ0v) is 10.1. The number of rotatable bonds is 3. The minimum absolute atomic E-state index is 0.496. The molecule has 1 aliphatic heterocycles. The highest BCUT2D eigenvalue weighted by molar-refractivity contribution is 7.17. The fourth-order valence-electron chi connectivity index (χ4n) is 1.58. The molecule has 1 rings (SSSR count). The molecule has 6 nitrogen and oxygen atoms in total. The summed E-state index contributed by atoms with van der Waals surface area (Å²) in [5, 5.41) is 28.0. The van der Waals surface area contributed by atoms with Gasteiger partial charge in [-0.3, -0.25) is 0 Å². The monoisotopic (exact) mass is 239 g/mol. The Morgan fingerprint density at radius 1 is 1.29 bits per heavy atom. The Morgan fingerprint density at radius 3 is 2.50 bits per heavy atom. The first-order valence-corrected chi connectivity index (χ1v) is 9.79. The maximum atomic E-state index is 9.61. The molecule has 1 fully saturated rings. The average molecular weight is 239 g/mol. The van der Waals surface area contributed by atoms with Crippen LogP contribution in [0.2, 0.25) is 6.04 Å². The van der Waals surface area contributed by atoms with Crippen molar-refractivity contribution in [3.63, 3.8) is 0 Å². The van der Waals surface area contributed by atoms with E-state index in [1.807, 2.05) is 0 Å². The lowest BCUT2D eigenvalue weighted by molar-refractivity contribution is -0.141. The molecule has 0 saturated carbocycles. The fourth-order valence-corrected chi connectivity index (χ4v) is 8.94. The predicted molar refractivity (Wildman–Crippen MR) is 54.1 cm³/mol. The van der Waals surface area contributed by atoms with Crippen molar-refractivity contribution in [2.75, 3.05) is 6.54 Å². The van der Waals surface area contributed by atoms with Gasteiger partial charge in [0.25, 0.3) is 8.80 Å². The van der Waals surface area contributed by atoms with E-state index in [1.165, 1.54) is 0 Å². The topological polar surface area (TPSA) is 116 Å². The van der Waals surface area contributed by atoms with Crippen LogP contribution in [0.1, 0.15) is 6.42 Å². The van der Waals surface area contributed by atoms with Gasteiger partial charge in [0.1, 0.15) is 14.4 Å². The maximum absolute atomic E-state index is 9.61. The number of nitrogens with two attached hydrogens (primary N) is 1. The summed E-state index contributed by atoms with van der Waals surface area (Å²) in [6, 6.07) is 0.648. The lowest BCUT2D eigenvalue weighted by Crippen LogP contribution is -2.62. The fraction of sp³-hybridized carbons (Fsp3) is 1.00. The van der Waals surface area contributed by atoms with Crippen LogP contribution in [-0.2, 0) is 4.43 Å². The molecule has 14 heavy (non-hydrogen) atoms. The Bertz CT molecular complexity index is 186.